The van der Waals surface area contributed by atoms with Gasteiger partial charge in [-0.2, -0.15) is 13.2 Å². The van der Waals surface area contributed by atoms with Crippen molar-refractivity contribution in [3.8, 4) is 0 Å². The average molecular weight is 637 g/mol. The second kappa shape index (κ2) is 20.4. The molecule has 2 aromatic rings. The molecular formula is C23H44F3N6O7PS. The van der Waals surface area contributed by atoms with Crippen molar-refractivity contribution in [1.29, 1.82) is 0 Å². The van der Waals surface area contributed by atoms with Crippen molar-refractivity contribution in [3.05, 3.63) is 49.8 Å². The van der Waals surface area contributed by atoms with E-state index in [2.05, 4.69) is 93.2 Å². The first-order valence-corrected chi connectivity index (χ1v) is 15.5. The van der Waals surface area contributed by atoms with Crippen LogP contribution < -0.4 is 14.0 Å². The number of hydrogen-bond acceptors (Lipinski definition) is 9. The molecule has 41 heavy (non-hydrogen) atoms. The lowest BCUT2D eigenvalue weighted by atomic mass is 10.6. The molecule has 3 rings (SSSR count). The minimum atomic E-state index is -6.09. The van der Waals surface area contributed by atoms with Crippen molar-refractivity contribution >= 4 is 17.9 Å². The van der Waals surface area contributed by atoms with E-state index < -0.39 is 23.4 Å². The summed E-state index contributed by atoms with van der Waals surface area (Å²) in [6.45, 7) is 14.1. The summed E-state index contributed by atoms with van der Waals surface area (Å²) in [5, 5.41) is 0. The number of phosphoric ester groups is 1. The molecule has 1 aliphatic rings. The Labute approximate surface area is 241 Å². The van der Waals surface area contributed by atoms with Gasteiger partial charge in [0, 0.05) is 26.0 Å². The first-order valence-electron chi connectivity index (χ1n) is 12.6. The smallest absolute Gasteiger partial charge is 0.485 e. The van der Waals surface area contributed by atoms with E-state index in [1.807, 2.05) is 35.6 Å². The molecule has 0 radical (unpaired) electrons. The van der Waals surface area contributed by atoms with Crippen LogP contribution in [0, 0.1) is 0 Å². The van der Waals surface area contributed by atoms with Crippen LogP contribution in [0.25, 0.3) is 0 Å². The molecular weight excluding hydrogens is 592 g/mol. The maximum Gasteiger partial charge on any atom is 0.485 e. The first-order chi connectivity index (χ1) is 18.8. The Morgan fingerprint density at radius 1 is 0.878 bits per heavy atom. The highest BCUT2D eigenvalue weighted by molar-refractivity contribution is 7.86. The third-order valence-electron chi connectivity index (χ3n) is 4.58. The van der Waals surface area contributed by atoms with E-state index in [0.29, 0.717) is 0 Å². The third kappa shape index (κ3) is 21.0. The van der Waals surface area contributed by atoms with Crippen LogP contribution in [0.15, 0.2) is 49.8 Å². The Hall–Kier alpha value is -2.43. The van der Waals surface area contributed by atoms with Crippen LogP contribution in [0.5, 0.6) is 0 Å². The maximum atomic E-state index is 10.7. The topological polar surface area (TPSA) is 140 Å². The molecule has 2 aromatic heterocycles. The summed E-state index contributed by atoms with van der Waals surface area (Å²) < 4.78 is 86.1. The quantitative estimate of drug-likeness (QED) is 0.193. The fourth-order valence-electron chi connectivity index (χ4n) is 2.53. The van der Waals surface area contributed by atoms with Gasteiger partial charge in [0.05, 0.1) is 47.1 Å². The van der Waals surface area contributed by atoms with Gasteiger partial charge in [-0.3, -0.25) is 4.57 Å². The number of alkyl halides is 3. The van der Waals surface area contributed by atoms with Crippen molar-refractivity contribution in [3.63, 3.8) is 0 Å². The molecule has 1 aliphatic heterocycles. The standard InChI is InChI=1S/C6H12N2.2C6H11N2.C4H11O4P.CHF3O3S/c3*1-3-8-5-4-7(2)6-8;1-3-7-9(5,6)8-4-2;2-1(3,4)8(5,6)7/h4-5H,3,6H2,1-2H3;2*4-6H,3H2,1-2H3;3-4H2,1-2H3,(H,5,6);(H,5,6,7)/q;2*+1;;/p-2. The Kier molecular flexibility index (Phi) is 20.3. The van der Waals surface area contributed by atoms with E-state index in [9.17, 15) is 22.6 Å². The Morgan fingerprint density at radius 3 is 1.41 bits per heavy atom. The van der Waals surface area contributed by atoms with Crippen molar-refractivity contribution in [1.82, 2.24) is 18.9 Å². The van der Waals surface area contributed by atoms with E-state index in [0.717, 1.165) is 26.3 Å². The lowest BCUT2D eigenvalue weighted by Crippen LogP contribution is -2.23. The summed E-state index contributed by atoms with van der Waals surface area (Å²) in [7, 11) is -3.92. The van der Waals surface area contributed by atoms with Crippen LogP contribution in [-0.4, -0.2) is 70.9 Å². The average Bonchev–Trinajstić information content (AvgIpc) is 3.60. The zero-order valence-corrected chi connectivity index (χ0v) is 26.6. The van der Waals surface area contributed by atoms with E-state index in [1.165, 1.54) is 0 Å². The summed E-state index contributed by atoms with van der Waals surface area (Å²) in [5.74, 6) is 0. The van der Waals surface area contributed by atoms with Gasteiger partial charge in [-0.05, 0) is 34.6 Å². The Balaban J connectivity index is 0. The van der Waals surface area contributed by atoms with Crippen LogP contribution in [0.2, 0.25) is 0 Å². The minimum absolute atomic E-state index is 0.126. The monoisotopic (exact) mass is 636 g/mol. The SMILES string of the molecule is CCN1C=CN(C)C1.CCOP(=O)([O-])OCC.CCn1cc[n+](C)c1.CCn1cc[n+](C)c1.O=S(=O)([O-])C(F)(F)F. The predicted molar refractivity (Wildman–Crippen MR) is 143 cm³/mol. The molecule has 0 saturated heterocycles. The summed E-state index contributed by atoms with van der Waals surface area (Å²) in [4.78, 5) is 14.8. The molecule has 0 aliphatic carbocycles. The molecule has 0 saturated carbocycles. The fourth-order valence-corrected chi connectivity index (χ4v) is 3.23. The maximum absolute atomic E-state index is 10.7. The number of halogens is 3. The normalized spacial score (nSPS) is 12.7. The van der Waals surface area contributed by atoms with Crippen LogP contribution >= 0.6 is 7.82 Å². The molecule has 0 unspecified atom stereocenters. The predicted octanol–water partition coefficient (Wildman–Crippen LogP) is 1.93. The van der Waals surface area contributed by atoms with Gasteiger partial charge in [-0.15, -0.1) is 0 Å². The van der Waals surface area contributed by atoms with Crippen molar-refractivity contribution in [2.24, 2.45) is 14.1 Å². The number of aryl methyl sites for hydroxylation is 4. The van der Waals surface area contributed by atoms with E-state index in [4.69, 9.17) is 13.0 Å². The Morgan fingerprint density at radius 2 is 1.27 bits per heavy atom. The fraction of sp³-hybridized carbons (Fsp3) is 0.652. The molecule has 0 bridgehead atoms. The second-order valence-electron chi connectivity index (χ2n) is 8.10. The molecule has 18 heteroatoms. The molecule has 0 fully saturated rings. The number of hydrogen-bond donors (Lipinski definition) is 0. The molecule has 3 heterocycles. The molecule has 240 valence electrons. The number of nitrogens with zero attached hydrogens (tertiary/aromatic N) is 6. The van der Waals surface area contributed by atoms with Crippen LogP contribution in [0.3, 0.4) is 0 Å². The largest absolute Gasteiger partial charge is 0.756 e. The summed E-state index contributed by atoms with van der Waals surface area (Å²) in [6.07, 6.45) is 16.5. The van der Waals surface area contributed by atoms with Crippen LogP contribution in [-0.2, 0) is 50.9 Å². The minimum Gasteiger partial charge on any atom is -0.756 e. The van der Waals surface area contributed by atoms with Gasteiger partial charge < -0.3 is 28.3 Å². The van der Waals surface area contributed by atoms with Gasteiger partial charge in [-0.1, -0.05) is 0 Å². The van der Waals surface area contributed by atoms with Gasteiger partial charge in [-0.25, -0.2) is 26.7 Å². The zero-order chi connectivity index (χ0) is 32.3. The van der Waals surface area contributed by atoms with Crippen molar-refractivity contribution in [2.45, 2.75) is 53.2 Å². The zero-order valence-electron chi connectivity index (χ0n) is 24.9. The molecule has 0 N–H and O–H groups in total. The summed E-state index contributed by atoms with van der Waals surface area (Å²) >= 11 is 0. The van der Waals surface area contributed by atoms with Crippen LogP contribution in [0.1, 0.15) is 34.6 Å². The van der Waals surface area contributed by atoms with Crippen molar-refractivity contribution in [2.75, 3.05) is 33.5 Å². The number of phosphoric acid groups is 1. The number of imidazole rings is 2. The molecule has 0 aromatic carbocycles. The highest BCUT2D eigenvalue weighted by Crippen LogP contribution is 2.37. The van der Waals surface area contributed by atoms with Gasteiger partial charge >= 0.3 is 5.51 Å². The van der Waals surface area contributed by atoms with Gasteiger partial charge in [0.25, 0.3) is 7.82 Å². The third-order valence-corrected chi connectivity index (χ3v) is 6.29. The lowest BCUT2D eigenvalue weighted by molar-refractivity contribution is -0.671. The highest BCUT2D eigenvalue weighted by atomic mass is 32.2. The summed E-state index contributed by atoms with van der Waals surface area (Å²) in [5.41, 5.74) is -5.65. The van der Waals surface area contributed by atoms with Gasteiger partial charge in [0.2, 0.25) is 12.7 Å². The highest BCUT2D eigenvalue weighted by Gasteiger charge is 2.36. The number of rotatable bonds is 7. The van der Waals surface area contributed by atoms with Crippen LogP contribution in [0.4, 0.5) is 13.2 Å². The van der Waals surface area contributed by atoms with E-state index in [-0.39, 0.29) is 13.2 Å². The van der Waals surface area contributed by atoms with E-state index in [1.54, 1.807) is 13.8 Å². The lowest BCUT2D eigenvalue weighted by Gasteiger charge is -2.20. The molecule has 13 nitrogen and oxygen atoms in total. The number of aromatic nitrogens is 4. The van der Waals surface area contributed by atoms with Gasteiger partial charge in [0.15, 0.2) is 10.1 Å². The van der Waals surface area contributed by atoms with E-state index >= 15 is 0 Å². The molecule has 0 spiro atoms. The van der Waals surface area contributed by atoms with Crippen molar-refractivity contribution < 1.29 is 53.8 Å². The second-order valence-corrected chi connectivity index (χ2v) is 10.9. The first kappa shape index (κ1) is 40.7. The molecule has 0 atom stereocenters. The molecule has 0 amide bonds. The summed E-state index contributed by atoms with van der Waals surface area (Å²) in [6, 6.07) is 0. The van der Waals surface area contributed by atoms with Gasteiger partial charge in [0.1, 0.15) is 24.8 Å². The Bertz CT molecular complexity index is 1090.